The van der Waals surface area contributed by atoms with E-state index in [1.807, 2.05) is 13.0 Å². The van der Waals surface area contributed by atoms with E-state index in [1.165, 1.54) is 12.1 Å². The van der Waals surface area contributed by atoms with Gasteiger partial charge in [0.25, 0.3) is 0 Å². The van der Waals surface area contributed by atoms with Gasteiger partial charge in [0.2, 0.25) is 0 Å². The molecule has 2 atom stereocenters. The lowest BCUT2D eigenvalue weighted by Gasteiger charge is -2.14. The van der Waals surface area contributed by atoms with Crippen LogP contribution in [-0.2, 0) is 10.8 Å². The van der Waals surface area contributed by atoms with Crippen LogP contribution >= 0.6 is 0 Å². The Morgan fingerprint density at radius 2 is 2.24 bits per heavy atom. The molecular weight excluding hydrogens is 239 g/mol. The van der Waals surface area contributed by atoms with Gasteiger partial charge in [-0.15, -0.1) is 0 Å². The van der Waals surface area contributed by atoms with E-state index in [0.29, 0.717) is 17.0 Å². The van der Waals surface area contributed by atoms with E-state index < -0.39 is 16.6 Å². The molecule has 0 bridgehead atoms. The molecule has 0 saturated carbocycles. The fourth-order valence-electron chi connectivity index (χ4n) is 1.44. The zero-order valence-corrected chi connectivity index (χ0v) is 10.7. The predicted molar refractivity (Wildman–Crippen MR) is 67.8 cm³/mol. The van der Waals surface area contributed by atoms with Crippen molar-refractivity contribution >= 4 is 16.5 Å². The molecule has 0 aliphatic heterocycles. The van der Waals surface area contributed by atoms with Gasteiger partial charge < -0.3 is 5.32 Å². The molecule has 2 unspecified atom stereocenters. The molecule has 1 N–H and O–H groups in total. The van der Waals surface area contributed by atoms with Crippen molar-refractivity contribution in [3.63, 3.8) is 0 Å². The quantitative estimate of drug-likeness (QED) is 0.877. The van der Waals surface area contributed by atoms with Crippen molar-refractivity contribution in [2.75, 3.05) is 17.3 Å². The molecule has 3 nitrogen and oxygen atoms in total. The maximum atomic E-state index is 13.1. The van der Waals surface area contributed by atoms with E-state index in [9.17, 15) is 8.60 Å². The van der Waals surface area contributed by atoms with E-state index in [2.05, 4.69) is 5.32 Å². The molecule has 0 saturated heterocycles. The van der Waals surface area contributed by atoms with Crippen molar-refractivity contribution in [1.82, 2.24) is 0 Å². The summed E-state index contributed by atoms with van der Waals surface area (Å²) in [6.45, 7) is 1.93. The van der Waals surface area contributed by atoms with Gasteiger partial charge in [0.05, 0.1) is 11.6 Å². The maximum Gasteiger partial charge on any atom is 0.126 e. The van der Waals surface area contributed by atoms with Crippen LogP contribution in [0.25, 0.3) is 0 Å². The van der Waals surface area contributed by atoms with Crippen LogP contribution in [0.5, 0.6) is 0 Å². The summed E-state index contributed by atoms with van der Waals surface area (Å²) >= 11 is 0. The Kier molecular flexibility index (Phi) is 5.11. The number of halogens is 1. The highest BCUT2D eigenvalue weighted by molar-refractivity contribution is 7.84. The Morgan fingerprint density at radius 3 is 2.82 bits per heavy atom. The minimum Gasteiger partial charge on any atom is -0.382 e. The Hall–Kier alpha value is -1.41. The SMILES string of the molecule is CC(CCS(C)=O)Nc1cc(F)cc(C#N)c1. The Bertz CT molecular complexity index is 456. The number of benzene rings is 1. The number of rotatable bonds is 5. The molecule has 0 aliphatic carbocycles. The summed E-state index contributed by atoms with van der Waals surface area (Å²) < 4.78 is 24.1. The van der Waals surface area contributed by atoms with Gasteiger partial charge in [-0.2, -0.15) is 5.26 Å². The summed E-state index contributed by atoms with van der Waals surface area (Å²) in [5.41, 5.74) is 0.870. The Balaban J connectivity index is 2.65. The number of hydrogen-bond donors (Lipinski definition) is 1. The zero-order chi connectivity index (χ0) is 12.8. The van der Waals surface area contributed by atoms with Gasteiger partial charge in [0.15, 0.2) is 0 Å². The van der Waals surface area contributed by atoms with Crippen LogP contribution in [0.4, 0.5) is 10.1 Å². The smallest absolute Gasteiger partial charge is 0.126 e. The molecule has 1 rings (SSSR count). The monoisotopic (exact) mass is 254 g/mol. The molecule has 1 aromatic carbocycles. The summed E-state index contributed by atoms with van der Waals surface area (Å²) in [5, 5.41) is 11.8. The van der Waals surface area contributed by atoms with E-state index in [0.717, 1.165) is 6.42 Å². The van der Waals surface area contributed by atoms with E-state index in [1.54, 1.807) is 12.3 Å². The van der Waals surface area contributed by atoms with Gasteiger partial charge in [-0.25, -0.2) is 4.39 Å². The molecule has 0 aliphatic rings. The third-order valence-corrected chi connectivity index (χ3v) is 3.09. The van der Waals surface area contributed by atoms with Gasteiger partial charge >= 0.3 is 0 Å². The van der Waals surface area contributed by atoms with Crippen LogP contribution < -0.4 is 5.32 Å². The average molecular weight is 254 g/mol. The highest BCUT2D eigenvalue weighted by atomic mass is 32.2. The first-order valence-electron chi connectivity index (χ1n) is 5.28. The maximum absolute atomic E-state index is 13.1. The number of nitriles is 1. The fraction of sp³-hybridized carbons (Fsp3) is 0.417. The largest absolute Gasteiger partial charge is 0.382 e. The van der Waals surface area contributed by atoms with Gasteiger partial charge in [-0.3, -0.25) is 4.21 Å². The van der Waals surface area contributed by atoms with Crippen LogP contribution in [0.1, 0.15) is 18.9 Å². The average Bonchev–Trinajstić information content (AvgIpc) is 2.25. The standard InChI is InChI=1S/C12H15FN2OS/c1-9(3-4-17(2)16)15-12-6-10(8-14)5-11(13)7-12/h5-7,9,15H,3-4H2,1-2H3. The number of hydrogen-bond acceptors (Lipinski definition) is 3. The third kappa shape index (κ3) is 4.96. The van der Waals surface area contributed by atoms with E-state index in [4.69, 9.17) is 5.26 Å². The van der Waals surface area contributed by atoms with Crippen LogP contribution in [0.2, 0.25) is 0 Å². The molecule has 5 heteroatoms. The third-order valence-electron chi connectivity index (χ3n) is 2.28. The lowest BCUT2D eigenvalue weighted by atomic mass is 10.2. The number of nitrogens with zero attached hydrogens (tertiary/aromatic N) is 1. The fourth-order valence-corrected chi connectivity index (χ4v) is 2.12. The predicted octanol–water partition coefficient (Wildman–Crippen LogP) is 2.27. The van der Waals surface area contributed by atoms with Gasteiger partial charge in [-0.1, -0.05) is 0 Å². The first kappa shape index (κ1) is 13.7. The molecule has 0 spiro atoms. The van der Waals surface area contributed by atoms with Crippen molar-refractivity contribution in [3.05, 3.63) is 29.6 Å². The first-order valence-corrected chi connectivity index (χ1v) is 7.01. The molecule has 0 fully saturated rings. The molecule has 0 heterocycles. The summed E-state index contributed by atoms with van der Waals surface area (Å²) in [7, 11) is -0.821. The summed E-state index contributed by atoms with van der Waals surface area (Å²) in [4.78, 5) is 0. The minimum absolute atomic E-state index is 0.0900. The zero-order valence-electron chi connectivity index (χ0n) is 9.87. The van der Waals surface area contributed by atoms with Crippen LogP contribution in [0, 0.1) is 17.1 Å². The van der Waals surface area contributed by atoms with Gasteiger partial charge in [-0.05, 0) is 31.5 Å². The van der Waals surface area contributed by atoms with Crippen LogP contribution in [-0.4, -0.2) is 22.3 Å². The molecule has 0 aromatic heterocycles. The van der Waals surface area contributed by atoms with Crippen molar-refractivity contribution < 1.29 is 8.60 Å². The summed E-state index contributed by atoms with van der Waals surface area (Å²) in [6.07, 6.45) is 2.39. The highest BCUT2D eigenvalue weighted by Crippen LogP contribution is 2.15. The first-order chi connectivity index (χ1) is 8.01. The van der Waals surface area contributed by atoms with Crippen molar-refractivity contribution in [1.29, 1.82) is 5.26 Å². The summed E-state index contributed by atoms with van der Waals surface area (Å²) in [5.74, 6) is 0.173. The van der Waals surface area contributed by atoms with Gasteiger partial charge in [0, 0.05) is 34.5 Å². The van der Waals surface area contributed by atoms with Gasteiger partial charge in [0.1, 0.15) is 5.82 Å². The molecular formula is C12H15FN2OS. The molecule has 0 amide bonds. The molecule has 92 valence electrons. The molecule has 17 heavy (non-hydrogen) atoms. The number of anilines is 1. The minimum atomic E-state index is -0.821. The van der Waals surface area contributed by atoms with Crippen molar-refractivity contribution in [3.8, 4) is 6.07 Å². The lowest BCUT2D eigenvalue weighted by molar-refractivity contribution is 0.627. The highest BCUT2D eigenvalue weighted by Gasteiger charge is 2.05. The van der Waals surface area contributed by atoms with Crippen molar-refractivity contribution in [2.45, 2.75) is 19.4 Å². The normalized spacial score (nSPS) is 13.8. The Labute approximate surface area is 103 Å². The molecule has 1 aromatic rings. The second-order valence-electron chi connectivity index (χ2n) is 3.95. The second kappa shape index (κ2) is 6.36. The topological polar surface area (TPSA) is 52.9 Å². The van der Waals surface area contributed by atoms with Crippen LogP contribution in [0.15, 0.2) is 18.2 Å². The lowest BCUT2D eigenvalue weighted by Crippen LogP contribution is -2.18. The second-order valence-corrected chi connectivity index (χ2v) is 5.51. The number of nitrogens with one attached hydrogen (secondary N) is 1. The summed E-state index contributed by atoms with van der Waals surface area (Å²) in [6, 6.07) is 6.13. The van der Waals surface area contributed by atoms with Crippen molar-refractivity contribution in [2.24, 2.45) is 0 Å². The van der Waals surface area contributed by atoms with E-state index >= 15 is 0 Å². The molecule has 0 radical (unpaired) electrons. The van der Waals surface area contributed by atoms with E-state index in [-0.39, 0.29) is 6.04 Å². The Morgan fingerprint density at radius 1 is 1.53 bits per heavy atom. The van der Waals surface area contributed by atoms with Crippen LogP contribution in [0.3, 0.4) is 0 Å².